The number of carboxylic acids is 2. The highest BCUT2D eigenvalue weighted by atomic mass is 16.4. The molecule has 4 aromatic carbocycles. The lowest BCUT2D eigenvalue weighted by Crippen LogP contribution is -2.42. The summed E-state index contributed by atoms with van der Waals surface area (Å²) in [6, 6.07) is 28.2. The van der Waals surface area contributed by atoms with Gasteiger partial charge in [0, 0.05) is 24.0 Å². The lowest BCUT2D eigenvalue weighted by atomic mass is 10.1. The van der Waals surface area contributed by atoms with Crippen LogP contribution < -0.4 is 10.6 Å². The van der Waals surface area contributed by atoms with E-state index in [1.54, 1.807) is 72.8 Å². The van der Waals surface area contributed by atoms with Crippen molar-refractivity contribution in [3.8, 4) is 0 Å². The van der Waals surface area contributed by atoms with E-state index in [4.69, 9.17) is 0 Å². The molecular formula is C32H28N4O6. The molecule has 0 aliphatic carbocycles. The molecular weight excluding hydrogens is 536 g/mol. The number of azo groups is 1. The van der Waals surface area contributed by atoms with Gasteiger partial charge in [-0.05, 0) is 47.5 Å². The molecule has 0 aliphatic heterocycles. The highest BCUT2D eigenvalue weighted by Gasteiger charge is 2.22. The molecule has 0 aliphatic rings. The molecule has 0 saturated carbocycles. The molecule has 0 spiro atoms. The van der Waals surface area contributed by atoms with Crippen LogP contribution in [-0.2, 0) is 22.4 Å². The zero-order chi connectivity index (χ0) is 29.9. The van der Waals surface area contributed by atoms with Crippen LogP contribution in [0.25, 0.3) is 0 Å². The number of carbonyl (C=O) groups is 4. The molecule has 4 aromatic rings. The number of amides is 2. The number of rotatable bonds is 12. The Kier molecular flexibility index (Phi) is 9.87. The fourth-order valence-corrected chi connectivity index (χ4v) is 4.12. The van der Waals surface area contributed by atoms with Crippen molar-refractivity contribution >= 4 is 35.1 Å². The molecule has 2 amide bonds. The maximum Gasteiger partial charge on any atom is 0.326 e. The number of nitrogens with zero attached hydrogens (tertiary/aromatic N) is 2. The summed E-state index contributed by atoms with van der Waals surface area (Å²) in [4.78, 5) is 49.1. The number of benzene rings is 4. The number of carbonyl (C=O) groups excluding carboxylic acids is 2. The van der Waals surface area contributed by atoms with Gasteiger partial charge in [-0.15, -0.1) is 0 Å². The van der Waals surface area contributed by atoms with Gasteiger partial charge >= 0.3 is 11.9 Å². The topological polar surface area (TPSA) is 158 Å². The molecule has 0 heterocycles. The van der Waals surface area contributed by atoms with E-state index in [9.17, 15) is 29.4 Å². The second kappa shape index (κ2) is 14.1. The molecule has 0 unspecified atom stereocenters. The Hall–Kier alpha value is -5.64. The van der Waals surface area contributed by atoms with Crippen LogP contribution in [0, 0.1) is 0 Å². The third-order valence-corrected chi connectivity index (χ3v) is 6.27. The van der Waals surface area contributed by atoms with Crippen LogP contribution in [0.4, 0.5) is 11.4 Å². The zero-order valence-electron chi connectivity index (χ0n) is 22.4. The second-order valence-electron chi connectivity index (χ2n) is 9.41. The van der Waals surface area contributed by atoms with Gasteiger partial charge in [-0.25, -0.2) is 9.59 Å². The van der Waals surface area contributed by atoms with Crippen molar-refractivity contribution in [2.45, 2.75) is 24.9 Å². The van der Waals surface area contributed by atoms with Crippen molar-refractivity contribution in [1.82, 2.24) is 10.6 Å². The van der Waals surface area contributed by atoms with Crippen molar-refractivity contribution in [1.29, 1.82) is 0 Å². The Morgan fingerprint density at radius 3 is 1.29 bits per heavy atom. The van der Waals surface area contributed by atoms with E-state index in [2.05, 4.69) is 20.9 Å². The van der Waals surface area contributed by atoms with Crippen molar-refractivity contribution in [3.63, 3.8) is 0 Å². The summed E-state index contributed by atoms with van der Waals surface area (Å²) in [5.41, 5.74) is 2.63. The molecule has 42 heavy (non-hydrogen) atoms. The first-order valence-corrected chi connectivity index (χ1v) is 13.1. The molecule has 0 saturated heterocycles. The quantitative estimate of drug-likeness (QED) is 0.178. The normalized spacial score (nSPS) is 12.3. The zero-order valence-corrected chi connectivity index (χ0v) is 22.4. The minimum atomic E-state index is -1.15. The Morgan fingerprint density at radius 1 is 0.548 bits per heavy atom. The van der Waals surface area contributed by atoms with Gasteiger partial charge in [0.25, 0.3) is 11.8 Å². The number of hydrogen-bond acceptors (Lipinski definition) is 6. The molecule has 10 heteroatoms. The Bertz CT molecular complexity index is 1470. The van der Waals surface area contributed by atoms with Gasteiger partial charge in [0.05, 0.1) is 11.4 Å². The summed E-state index contributed by atoms with van der Waals surface area (Å²) in [5.74, 6) is -3.45. The largest absolute Gasteiger partial charge is 0.480 e. The highest BCUT2D eigenvalue weighted by Crippen LogP contribution is 2.21. The smallest absolute Gasteiger partial charge is 0.326 e. The van der Waals surface area contributed by atoms with Crippen LogP contribution in [0.1, 0.15) is 31.8 Å². The third kappa shape index (κ3) is 8.43. The lowest BCUT2D eigenvalue weighted by molar-refractivity contribution is -0.140. The first kappa shape index (κ1) is 29.3. The first-order valence-electron chi connectivity index (χ1n) is 13.1. The summed E-state index contributed by atoms with van der Waals surface area (Å²) in [6.45, 7) is 0. The molecule has 212 valence electrons. The predicted octanol–water partition coefficient (Wildman–Crippen LogP) is 4.95. The van der Waals surface area contributed by atoms with E-state index in [1.165, 1.54) is 24.3 Å². The fourth-order valence-electron chi connectivity index (χ4n) is 4.12. The number of carboxylic acid groups (broad SMARTS) is 2. The van der Waals surface area contributed by atoms with Crippen LogP contribution in [0.3, 0.4) is 0 Å². The summed E-state index contributed by atoms with van der Waals surface area (Å²) < 4.78 is 0. The summed E-state index contributed by atoms with van der Waals surface area (Å²) in [7, 11) is 0. The minimum absolute atomic E-state index is 0.130. The molecule has 0 bridgehead atoms. The second-order valence-corrected chi connectivity index (χ2v) is 9.41. The molecule has 2 atom stereocenters. The summed E-state index contributed by atoms with van der Waals surface area (Å²) in [6.07, 6.45) is 0.259. The summed E-state index contributed by atoms with van der Waals surface area (Å²) in [5, 5.41) is 32.6. The Labute approximate surface area is 241 Å². The van der Waals surface area contributed by atoms with Gasteiger partial charge in [0.15, 0.2) is 0 Å². The van der Waals surface area contributed by atoms with E-state index in [0.29, 0.717) is 11.4 Å². The molecule has 4 rings (SSSR count). The predicted molar refractivity (Wildman–Crippen MR) is 155 cm³/mol. The monoisotopic (exact) mass is 564 g/mol. The Balaban J connectivity index is 1.41. The molecule has 0 fully saturated rings. The fraction of sp³-hybridized carbons (Fsp3) is 0.125. The SMILES string of the molecule is O=C(N[C@H](Cc1ccccc1)C(=O)O)c1cccc(N=Nc2cccc(C(=O)N[C@H](Cc3ccccc3)C(=O)O)c2)c1. The van der Waals surface area contributed by atoms with E-state index < -0.39 is 35.8 Å². The molecule has 10 nitrogen and oxygen atoms in total. The summed E-state index contributed by atoms with van der Waals surface area (Å²) >= 11 is 0. The average Bonchev–Trinajstić information content (AvgIpc) is 3.00. The van der Waals surface area contributed by atoms with Crippen LogP contribution in [-0.4, -0.2) is 46.0 Å². The average molecular weight is 565 g/mol. The highest BCUT2D eigenvalue weighted by molar-refractivity contribution is 5.98. The van der Waals surface area contributed by atoms with Crippen LogP contribution in [0.2, 0.25) is 0 Å². The molecule has 0 radical (unpaired) electrons. The first-order chi connectivity index (χ1) is 20.3. The number of aliphatic carboxylic acids is 2. The van der Waals surface area contributed by atoms with Gasteiger partial charge in [-0.3, -0.25) is 9.59 Å². The lowest BCUT2D eigenvalue weighted by Gasteiger charge is -2.15. The minimum Gasteiger partial charge on any atom is -0.480 e. The number of nitrogens with one attached hydrogen (secondary N) is 2. The molecule has 4 N–H and O–H groups in total. The van der Waals surface area contributed by atoms with E-state index in [1.807, 2.05) is 12.1 Å². The number of hydrogen-bond donors (Lipinski definition) is 4. The van der Waals surface area contributed by atoms with Crippen molar-refractivity contribution in [3.05, 3.63) is 131 Å². The van der Waals surface area contributed by atoms with Crippen molar-refractivity contribution in [2.24, 2.45) is 10.2 Å². The Morgan fingerprint density at radius 2 is 0.929 bits per heavy atom. The standard InChI is InChI=1S/C32H28N4O6/c37-29(33-27(31(39)40)17-21-9-3-1-4-10-21)23-13-7-15-25(19-23)35-36-26-16-8-14-24(20-26)30(38)34-28(32(41)42)18-22-11-5-2-6-12-22/h1-16,19-20,27-28H,17-18H2,(H,33,37)(H,34,38)(H,39,40)(H,41,42)/t27-,28-/m1/s1. The van der Waals surface area contributed by atoms with Crippen molar-refractivity contribution in [2.75, 3.05) is 0 Å². The van der Waals surface area contributed by atoms with Gasteiger partial charge in [-0.2, -0.15) is 10.2 Å². The van der Waals surface area contributed by atoms with Crippen LogP contribution in [0.5, 0.6) is 0 Å². The van der Waals surface area contributed by atoms with Gasteiger partial charge in [-0.1, -0.05) is 72.8 Å². The third-order valence-electron chi connectivity index (χ3n) is 6.27. The molecule has 0 aromatic heterocycles. The van der Waals surface area contributed by atoms with Crippen LogP contribution in [0.15, 0.2) is 119 Å². The van der Waals surface area contributed by atoms with Gasteiger partial charge in [0.2, 0.25) is 0 Å². The van der Waals surface area contributed by atoms with E-state index in [-0.39, 0.29) is 24.0 Å². The maximum absolute atomic E-state index is 12.8. The maximum atomic E-state index is 12.8. The van der Waals surface area contributed by atoms with E-state index in [0.717, 1.165) is 11.1 Å². The van der Waals surface area contributed by atoms with Crippen molar-refractivity contribution < 1.29 is 29.4 Å². The van der Waals surface area contributed by atoms with Crippen LogP contribution >= 0.6 is 0 Å². The van der Waals surface area contributed by atoms with Gasteiger partial charge in [0.1, 0.15) is 12.1 Å². The van der Waals surface area contributed by atoms with E-state index >= 15 is 0 Å². The van der Waals surface area contributed by atoms with Gasteiger partial charge < -0.3 is 20.8 Å².